The molecule has 0 aliphatic heterocycles. The van der Waals surface area contributed by atoms with Crippen LogP contribution >= 0.6 is 11.6 Å². The Hall–Kier alpha value is -1.78. The van der Waals surface area contributed by atoms with Crippen molar-refractivity contribution in [2.24, 2.45) is 5.73 Å². The van der Waals surface area contributed by atoms with E-state index in [1.165, 1.54) is 0 Å². The van der Waals surface area contributed by atoms with Crippen LogP contribution in [0.2, 0.25) is 5.02 Å². The molecule has 0 radical (unpaired) electrons. The van der Waals surface area contributed by atoms with E-state index in [0.29, 0.717) is 29.7 Å². The maximum absolute atomic E-state index is 6.25. The highest BCUT2D eigenvalue weighted by Crippen LogP contribution is 2.36. The first-order chi connectivity index (χ1) is 9.74. The van der Waals surface area contributed by atoms with E-state index in [2.05, 4.69) is 4.98 Å². The summed E-state index contributed by atoms with van der Waals surface area (Å²) in [6, 6.07) is 9.41. The molecule has 106 valence electrons. The fraction of sp³-hybridized carbons (Fsp3) is 0.267. The van der Waals surface area contributed by atoms with Crippen LogP contribution in [0.15, 0.2) is 36.5 Å². The molecule has 0 saturated heterocycles. The second-order valence-corrected chi connectivity index (χ2v) is 4.66. The summed E-state index contributed by atoms with van der Waals surface area (Å²) in [6.07, 6.45) is 2.47. The normalized spacial score (nSPS) is 10.3. The third kappa shape index (κ3) is 3.62. The van der Waals surface area contributed by atoms with Crippen LogP contribution in [0.3, 0.4) is 0 Å². The highest BCUT2D eigenvalue weighted by Gasteiger charge is 2.12. The highest BCUT2D eigenvalue weighted by atomic mass is 35.5. The lowest BCUT2D eigenvalue weighted by Gasteiger charge is -2.13. The Bertz CT molecular complexity index is 561. The molecular formula is C15H17ClN2O2. The van der Waals surface area contributed by atoms with Crippen LogP contribution in [0.4, 0.5) is 0 Å². The summed E-state index contributed by atoms with van der Waals surface area (Å²) in [5, 5.41) is 0.517. The van der Waals surface area contributed by atoms with Gasteiger partial charge in [0.1, 0.15) is 6.61 Å². The Morgan fingerprint density at radius 1 is 1.30 bits per heavy atom. The van der Waals surface area contributed by atoms with Crippen molar-refractivity contribution in [3.8, 4) is 11.5 Å². The summed E-state index contributed by atoms with van der Waals surface area (Å²) < 4.78 is 11.1. The second kappa shape index (κ2) is 7.12. The number of aromatic nitrogens is 1. The molecule has 5 heteroatoms. The summed E-state index contributed by atoms with van der Waals surface area (Å²) in [5.74, 6) is 1.14. The van der Waals surface area contributed by atoms with Gasteiger partial charge in [-0.15, -0.1) is 0 Å². The molecule has 0 bridgehead atoms. The number of nitrogens with two attached hydrogens (primary N) is 1. The zero-order valence-electron chi connectivity index (χ0n) is 11.3. The van der Waals surface area contributed by atoms with E-state index in [9.17, 15) is 0 Å². The van der Waals surface area contributed by atoms with Crippen molar-refractivity contribution in [1.29, 1.82) is 0 Å². The minimum Gasteiger partial charge on any atom is -0.493 e. The molecule has 0 aliphatic carbocycles. The molecule has 1 aromatic heterocycles. The summed E-state index contributed by atoms with van der Waals surface area (Å²) in [5.41, 5.74) is 7.41. The molecule has 1 aromatic carbocycles. The quantitative estimate of drug-likeness (QED) is 0.889. The van der Waals surface area contributed by atoms with Crippen LogP contribution in [0.5, 0.6) is 11.5 Å². The molecule has 0 amide bonds. The average Bonchev–Trinajstić information content (AvgIpc) is 2.47. The van der Waals surface area contributed by atoms with Crippen LogP contribution < -0.4 is 15.2 Å². The van der Waals surface area contributed by atoms with Gasteiger partial charge in [-0.3, -0.25) is 4.98 Å². The molecule has 2 N–H and O–H groups in total. The first-order valence-electron chi connectivity index (χ1n) is 6.33. The predicted molar refractivity (Wildman–Crippen MR) is 79.3 cm³/mol. The number of halogens is 1. The zero-order valence-corrected chi connectivity index (χ0v) is 12.1. The lowest BCUT2D eigenvalue weighted by molar-refractivity contribution is 0.280. The van der Waals surface area contributed by atoms with Crippen LogP contribution in [0.25, 0.3) is 0 Å². The molecule has 0 unspecified atom stereocenters. The van der Waals surface area contributed by atoms with Crippen molar-refractivity contribution >= 4 is 11.6 Å². The number of hydrogen-bond acceptors (Lipinski definition) is 4. The Morgan fingerprint density at radius 2 is 2.15 bits per heavy atom. The van der Waals surface area contributed by atoms with Gasteiger partial charge in [0, 0.05) is 6.20 Å². The Labute approximate surface area is 123 Å². The van der Waals surface area contributed by atoms with Crippen molar-refractivity contribution in [2.45, 2.75) is 13.0 Å². The number of hydrogen-bond donors (Lipinski definition) is 1. The third-order valence-corrected chi connectivity index (χ3v) is 3.09. The Kier molecular flexibility index (Phi) is 5.21. The minimum atomic E-state index is 0.340. The first-order valence-corrected chi connectivity index (χ1v) is 6.71. The van der Waals surface area contributed by atoms with Crippen molar-refractivity contribution in [1.82, 2.24) is 4.98 Å². The SMILES string of the molecule is COc1cc(CCN)cc(Cl)c1OCc1ccccn1. The van der Waals surface area contributed by atoms with Gasteiger partial charge in [0.25, 0.3) is 0 Å². The predicted octanol–water partition coefficient (Wildman–Crippen LogP) is 2.82. The van der Waals surface area contributed by atoms with Crippen LogP contribution in [0, 0.1) is 0 Å². The fourth-order valence-electron chi connectivity index (χ4n) is 1.85. The van der Waals surface area contributed by atoms with E-state index in [4.69, 9.17) is 26.8 Å². The molecule has 4 nitrogen and oxygen atoms in total. The van der Waals surface area contributed by atoms with E-state index in [0.717, 1.165) is 17.7 Å². The van der Waals surface area contributed by atoms with Gasteiger partial charge >= 0.3 is 0 Å². The second-order valence-electron chi connectivity index (χ2n) is 4.26. The van der Waals surface area contributed by atoms with Crippen molar-refractivity contribution in [3.63, 3.8) is 0 Å². The maximum atomic E-state index is 6.25. The van der Waals surface area contributed by atoms with Crippen LogP contribution in [-0.2, 0) is 13.0 Å². The number of rotatable bonds is 6. The molecular weight excluding hydrogens is 276 g/mol. The number of methoxy groups -OCH3 is 1. The van der Waals surface area contributed by atoms with Gasteiger partial charge in [-0.1, -0.05) is 17.7 Å². The van der Waals surface area contributed by atoms with Gasteiger partial charge in [-0.25, -0.2) is 0 Å². The molecule has 0 spiro atoms. The number of nitrogens with zero attached hydrogens (tertiary/aromatic N) is 1. The summed E-state index contributed by atoms with van der Waals surface area (Å²) >= 11 is 6.25. The molecule has 2 aromatic rings. The van der Waals surface area contributed by atoms with Crippen molar-refractivity contribution in [2.75, 3.05) is 13.7 Å². The third-order valence-electron chi connectivity index (χ3n) is 2.81. The molecule has 0 fully saturated rings. The van der Waals surface area contributed by atoms with Crippen LogP contribution in [-0.4, -0.2) is 18.6 Å². The average molecular weight is 293 g/mol. The first kappa shape index (κ1) is 14.6. The van der Waals surface area contributed by atoms with E-state index in [1.807, 2.05) is 30.3 Å². The summed E-state index contributed by atoms with van der Waals surface area (Å²) in [6.45, 7) is 0.904. The van der Waals surface area contributed by atoms with Gasteiger partial charge in [0.2, 0.25) is 0 Å². The van der Waals surface area contributed by atoms with Crippen molar-refractivity contribution in [3.05, 3.63) is 52.8 Å². The lowest BCUT2D eigenvalue weighted by Crippen LogP contribution is -2.04. The smallest absolute Gasteiger partial charge is 0.180 e. The van der Waals surface area contributed by atoms with Gasteiger partial charge in [-0.05, 0) is 42.8 Å². The van der Waals surface area contributed by atoms with Crippen LogP contribution in [0.1, 0.15) is 11.3 Å². The number of benzene rings is 1. The summed E-state index contributed by atoms with van der Waals surface area (Å²) in [7, 11) is 1.59. The summed E-state index contributed by atoms with van der Waals surface area (Å²) in [4.78, 5) is 4.20. The molecule has 0 saturated carbocycles. The van der Waals surface area contributed by atoms with E-state index in [1.54, 1.807) is 13.3 Å². The van der Waals surface area contributed by atoms with Gasteiger partial charge in [0.15, 0.2) is 11.5 Å². The fourth-order valence-corrected chi connectivity index (χ4v) is 2.14. The molecule has 0 atom stereocenters. The topological polar surface area (TPSA) is 57.4 Å². The number of pyridine rings is 1. The zero-order chi connectivity index (χ0) is 14.4. The standard InChI is InChI=1S/C15H17ClN2O2/c1-19-14-9-11(5-6-17)8-13(16)15(14)20-10-12-4-2-3-7-18-12/h2-4,7-9H,5-6,10,17H2,1H3. The monoisotopic (exact) mass is 292 g/mol. The maximum Gasteiger partial charge on any atom is 0.180 e. The highest BCUT2D eigenvalue weighted by molar-refractivity contribution is 6.32. The van der Waals surface area contributed by atoms with Gasteiger partial charge < -0.3 is 15.2 Å². The molecule has 1 heterocycles. The van der Waals surface area contributed by atoms with E-state index < -0.39 is 0 Å². The van der Waals surface area contributed by atoms with Gasteiger partial charge in [0.05, 0.1) is 17.8 Å². The minimum absolute atomic E-state index is 0.340. The molecule has 0 aliphatic rings. The lowest BCUT2D eigenvalue weighted by atomic mass is 10.1. The molecule has 2 rings (SSSR count). The van der Waals surface area contributed by atoms with E-state index >= 15 is 0 Å². The largest absolute Gasteiger partial charge is 0.493 e. The Morgan fingerprint density at radius 3 is 2.80 bits per heavy atom. The van der Waals surface area contributed by atoms with Crippen molar-refractivity contribution < 1.29 is 9.47 Å². The van der Waals surface area contributed by atoms with E-state index in [-0.39, 0.29) is 0 Å². The molecule has 20 heavy (non-hydrogen) atoms. The number of ether oxygens (including phenoxy) is 2. The Balaban J connectivity index is 2.18. The van der Waals surface area contributed by atoms with Gasteiger partial charge in [-0.2, -0.15) is 0 Å².